The molecule has 0 amide bonds. The van der Waals surface area contributed by atoms with Crippen molar-refractivity contribution in [2.75, 3.05) is 0 Å². The zero-order valence-electron chi connectivity index (χ0n) is 12.6. The Bertz CT molecular complexity index is 1040. The first-order valence-corrected chi connectivity index (χ1v) is 7.51. The van der Waals surface area contributed by atoms with E-state index in [1.807, 2.05) is 60.0 Å². The van der Waals surface area contributed by atoms with Gasteiger partial charge in [0.2, 0.25) is 5.88 Å². The van der Waals surface area contributed by atoms with Crippen molar-refractivity contribution in [3.8, 4) is 17.1 Å². The van der Waals surface area contributed by atoms with Crippen LogP contribution >= 0.6 is 0 Å². The predicted octanol–water partition coefficient (Wildman–Crippen LogP) is 4.91. The summed E-state index contributed by atoms with van der Waals surface area (Å²) in [5.41, 5.74) is 3.26. The van der Waals surface area contributed by atoms with Gasteiger partial charge < -0.3 is 14.7 Å². The fraction of sp³-hybridized carbons (Fsp3) is 0.111. The predicted molar refractivity (Wildman–Crippen MR) is 92.0 cm³/mol. The number of aryl methyl sites for hydroxylation is 1. The fourth-order valence-corrected chi connectivity index (χ4v) is 3.26. The second kappa shape index (κ2) is 4.98. The van der Waals surface area contributed by atoms with E-state index in [0.29, 0.717) is 23.5 Å². The Kier molecular flexibility index (Phi) is 2.94. The topological polar surface area (TPSA) is 70.4 Å². The van der Waals surface area contributed by atoms with Crippen molar-refractivity contribution >= 4 is 27.5 Å². The first-order valence-electron chi connectivity index (χ1n) is 7.51. The molecule has 0 radical (unpaired) electrons. The molecule has 23 heavy (non-hydrogen) atoms. The number of para-hydroxylation sites is 2. The number of aromatic hydroxyl groups is 1. The number of hydrogen-bond donors (Lipinski definition) is 2. The van der Waals surface area contributed by atoms with Gasteiger partial charge in [0.05, 0.1) is 16.8 Å². The minimum absolute atomic E-state index is 0.144. The molecule has 0 atom stereocenters. The van der Waals surface area contributed by atoms with Gasteiger partial charge in [-0.15, -0.1) is 4.91 Å². The van der Waals surface area contributed by atoms with Crippen LogP contribution in [0.15, 0.2) is 53.7 Å². The number of hydrogen-bond acceptors (Lipinski definition) is 3. The Balaban J connectivity index is 2.15. The average molecular weight is 305 g/mol. The lowest BCUT2D eigenvalue weighted by Gasteiger charge is -2.02. The van der Waals surface area contributed by atoms with E-state index in [2.05, 4.69) is 10.2 Å². The molecular weight excluding hydrogens is 290 g/mol. The maximum atomic E-state index is 11.4. The first-order chi connectivity index (χ1) is 11.3. The molecule has 2 aromatic heterocycles. The van der Waals surface area contributed by atoms with Crippen molar-refractivity contribution in [3.63, 3.8) is 0 Å². The molecule has 114 valence electrons. The molecule has 0 aliphatic heterocycles. The maximum absolute atomic E-state index is 11.4. The quantitative estimate of drug-likeness (QED) is 0.528. The Morgan fingerprint density at radius 2 is 1.78 bits per heavy atom. The summed E-state index contributed by atoms with van der Waals surface area (Å²) >= 11 is 0. The van der Waals surface area contributed by atoms with Crippen molar-refractivity contribution < 1.29 is 5.11 Å². The van der Waals surface area contributed by atoms with Gasteiger partial charge in [0.15, 0.2) is 0 Å². The molecule has 0 fully saturated rings. The molecule has 4 aromatic rings. The number of rotatable bonds is 3. The van der Waals surface area contributed by atoms with E-state index in [-0.39, 0.29) is 5.88 Å². The highest BCUT2D eigenvalue weighted by Gasteiger charge is 2.23. The summed E-state index contributed by atoms with van der Waals surface area (Å²) < 4.78 is 1.82. The number of aromatic nitrogens is 2. The van der Waals surface area contributed by atoms with Gasteiger partial charge in [-0.3, -0.25) is 0 Å². The van der Waals surface area contributed by atoms with Crippen LogP contribution in [0.5, 0.6) is 5.88 Å². The molecule has 2 N–H and O–H groups in total. The molecular formula is C18H15N3O2. The van der Waals surface area contributed by atoms with Crippen LogP contribution in [0.4, 0.5) is 5.69 Å². The van der Waals surface area contributed by atoms with Crippen LogP contribution in [-0.2, 0) is 6.54 Å². The second-order valence-electron chi connectivity index (χ2n) is 5.45. The molecule has 0 bridgehead atoms. The normalized spacial score (nSPS) is 11.3. The molecule has 0 aliphatic rings. The smallest absolute Gasteiger partial charge is 0.201 e. The van der Waals surface area contributed by atoms with Crippen molar-refractivity contribution in [2.45, 2.75) is 13.5 Å². The Morgan fingerprint density at radius 1 is 1.09 bits per heavy atom. The lowest BCUT2D eigenvalue weighted by molar-refractivity contribution is 0.427. The van der Waals surface area contributed by atoms with Gasteiger partial charge in [-0.1, -0.05) is 36.4 Å². The largest absolute Gasteiger partial charge is 0.494 e. The highest BCUT2D eigenvalue weighted by atomic mass is 16.3. The summed E-state index contributed by atoms with van der Waals surface area (Å²) in [5.74, 6) is 0.144. The number of benzene rings is 2. The maximum Gasteiger partial charge on any atom is 0.201 e. The van der Waals surface area contributed by atoms with Crippen LogP contribution < -0.4 is 0 Å². The van der Waals surface area contributed by atoms with Crippen LogP contribution in [0.25, 0.3) is 33.1 Å². The third kappa shape index (κ3) is 1.80. The van der Waals surface area contributed by atoms with E-state index in [9.17, 15) is 10.0 Å². The van der Waals surface area contributed by atoms with Crippen LogP contribution in [0.3, 0.4) is 0 Å². The number of aromatic amines is 1. The van der Waals surface area contributed by atoms with E-state index in [1.54, 1.807) is 0 Å². The summed E-state index contributed by atoms with van der Waals surface area (Å²) in [7, 11) is 0. The van der Waals surface area contributed by atoms with Gasteiger partial charge in [-0.25, -0.2) is 0 Å². The minimum atomic E-state index is 0.144. The molecule has 0 aliphatic carbocycles. The van der Waals surface area contributed by atoms with Gasteiger partial charge >= 0.3 is 0 Å². The van der Waals surface area contributed by atoms with Gasteiger partial charge in [-0.05, 0) is 24.2 Å². The minimum Gasteiger partial charge on any atom is -0.494 e. The van der Waals surface area contributed by atoms with E-state index in [4.69, 9.17) is 0 Å². The van der Waals surface area contributed by atoms with Crippen molar-refractivity contribution in [2.24, 2.45) is 5.18 Å². The molecule has 2 aromatic carbocycles. The third-order valence-corrected chi connectivity index (χ3v) is 4.28. The molecule has 4 rings (SSSR count). The van der Waals surface area contributed by atoms with Crippen molar-refractivity contribution in [3.05, 3.63) is 53.4 Å². The zero-order chi connectivity index (χ0) is 16.0. The van der Waals surface area contributed by atoms with Crippen LogP contribution in [0, 0.1) is 4.91 Å². The highest BCUT2D eigenvalue weighted by Crippen LogP contribution is 2.45. The van der Waals surface area contributed by atoms with Crippen LogP contribution in [0.1, 0.15) is 6.92 Å². The van der Waals surface area contributed by atoms with Gasteiger partial charge in [-0.2, -0.15) is 0 Å². The van der Waals surface area contributed by atoms with Gasteiger partial charge in [0.25, 0.3) is 0 Å². The molecule has 5 heteroatoms. The summed E-state index contributed by atoms with van der Waals surface area (Å²) in [4.78, 5) is 14.7. The van der Waals surface area contributed by atoms with Gasteiger partial charge in [0.1, 0.15) is 5.69 Å². The molecule has 2 heterocycles. The molecule has 0 spiro atoms. The Labute approximate surface area is 132 Å². The molecule has 5 nitrogen and oxygen atoms in total. The van der Waals surface area contributed by atoms with E-state index < -0.39 is 0 Å². The van der Waals surface area contributed by atoms with E-state index >= 15 is 0 Å². The number of fused-ring (bicyclic) bond motifs is 2. The van der Waals surface area contributed by atoms with Crippen LogP contribution in [0.2, 0.25) is 0 Å². The summed E-state index contributed by atoms with van der Waals surface area (Å²) in [6.45, 7) is 2.61. The van der Waals surface area contributed by atoms with E-state index in [1.165, 1.54) is 0 Å². The molecule has 0 saturated heterocycles. The number of H-pyrrole nitrogens is 1. The monoisotopic (exact) mass is 305 g/mol. The van der Waals surface area contributed by atoms with E-state index in [0.717, 1.165) is 21.8 Å². The number of nitrogens with one attached hydrogen (secondary N) is 1. The molecule has 0 saturated carbocycles. The third-order valence-electron chi connectivity index (χ3n) is 4.28. The Morgan fingerprint density at radius 3 is 2.52 bits per heavy atom. The lowest BCUT2D eigenvalue weighted by Crippen LogP contribution is -1.91. The summed E-state index contributed by atoms with van der Waals surface area (Å²) in [5, 5.41) is 15.6. The number of nitrogens with zero attached hydrogens (tertiary/aromatic N) is 2. The highest BCUT2D eigenvalue weighted by molar-refractivity contribution is 6.07. The zero-order valence-corrected chi connectivity index (χ0v) is 12.6. The van der Waals surface area contributed by atoms with Gasteiger partial charge in [0, 0.05) is 22.8 Å². The number of nitroso groups, excluding NO2 is 1. The first kappa shape index (κ1) is 13.6. The Hall–Kier alpha value is -3.08. The SMILES string of the molecule is CCn1c(O)c(-c2[nH]c3ccccc3c2N=O)c2ccccc21. The molecule has 0 unspecified atom stereocenters. The standard InChI is InChI=1S/C18H15N3O2/c1-2-21-14-10-6-4-8-12(14)15(18(21)22)17-16(20-23)11-7-3-5-9-13(11)19-17/h3-10,19,22H,2H2,1H3. The fourth-order valence-electron chi connectivity index (χ4n) is 3.26. The summed E-state index contributed by atoms with van der Waals surface area (Å²) in [6.07, 6.45) is 0. The second-order valence-corrected chi connectivity index (χ2v) is 5.45. The van der Waals surface area contributed by atoms with Crippen molar-refractivity contribution in [1.82, 2.24) is 9.55 Å². The van der Waals surface area contributed by atoms with Crippen molar-refractivity contribution in [1.29, 1.82) is 0 Å². The summed E-state index contributed by atoms with van der Waals surface area (Å²) in [6, 6.07) is 15.3. The lowest BCUT2D eigenvalue weighted by atomic mass is 10.1. The average Bonchev–Trinajstić information content (AvgIpc) is 3.08. The van der Waals surface area contributed by atoms with Crippen LogP contribution in [-0.4, -0.2) is 14.7 Å².